The van der Waals surface area contributed by atoms with E-state index < -0.39 is 17.0 Å². The van der Waals surface area contributed by atoms with Crippen LogP contribution in [0.1, 0.15) is 59.3 Å². The molecule has 0 aromatic rings. The highest BCUT2D eigenvalue weighted by Crippen LogP contribution is 2.30. The van der Waals surface area contributed by atoms with E-state index in [1.54, 1.807) is 0 Å². The van der Waals surface area contributed by atoms with Crippen LogP contribution in [0.5, 0.6) is 0 Å². The van der Waals surface area contributed by atoms with Gasteiger partial charge in [0.2, 0.25) is 5.91 Å². The van der Waals surface area contributed by atoms with Gasteiger partial charge in [-0.2, -0.15) is 0 Å². The van der Waals surface area contributed by atoms with E-state index in [1.165, 1.54) is 11.3 Å². The molecule has 0 saturated heterocycles. The first-order valence-corrected chi connectivity index (χ1v) is 6.95. The molecule has 0 atom stereocenters. The van der Waals surface area contributed by atoms with Gasteiger partial charge >= 0.3 is 5.97 Å². The van der Waals surface area contributed by atoms with Crippen molar-refractivity contribution in [2.24, 2.45) is 5.73 Å². The normalized spacial score (nSPS) is 18.9. The summed E-state index contributed by atoms with van der Waals surface area (Å²) in [6.07, 6.45) is 5.23. The maximum atomic E-state index is 12.4. The third-order valence-electron chi connectivity index (χ3n) is 3.76. The van der Waals surface area contributed by atoms with E-state index in [0.29, 0.717) is 0 Å². The maximum absolute atomic E-state index is 12.4. The lowest BCUT2D eigenvalue weighted by Crippen LogP contribution is -2.53. The SMILES string of the molecule is CC(C)(C)N(CC(=O)O)C(=O)CC1(N)CCCCC1. The minimum Gasteiger partial charge on any atom is -0.480 e. The van der Waals surface area contributed by atoms with Crippen LogP contribution < -0.4 is 5.73 Å². The molecule has 1 fully saturated rings. The minimum absolute atomic E-state index is 0.153. The first-order valence-electron chi connectivity index (χ1n) is 6.95. The standard InChI is InChI=1S/C14H26N2O3/c1-13(2,3)16(10-12(18)19)11(17)9-14(15)7-5-4-6-8-14/h4-10,15H2,1-3H3,(H,18,19). The summed E-state index contributed by atoms with van der Waals surface area (Å²) in [6.45, 7) is 5.27. The molecule has 1 rings (SSSR count). The summed E-state index contributed by atoms with van der Waals surface area (Å²) in [5.41, 5.74) is 5.33. The second-order valence-corrected chi connectivity index (χ2v) is 6.64. The number of carboxylic acids is 1. The summed E-state index contributed by atoms with van der Waals surface area (Å²) in [6, 6.07) is 0. The van der Waals surface area contributed by atoms with Crippen LogP contribution >= 0.6 is 0 Å². The smallest absolute Gasteiger partial charge is 0.323 e. The molecule has 0 radical (unpaired) electrons. The molecule has 0 aromatic heterocycles. The van der Waals surface area contributed by atoms with Gasteiger partial charge in [-0.25, -0.2) is 0 Å². The minimum atomic E-state index is -0.988. The summed E-state index contributed by atoms with van der Waals surface area (Å²) >= 11 is 0. The number of nitrogens with zero attached hydrogens (tertiary/aromatic N) is 1. The molecule has 0 aliphatic heterocycles. The van der Waals surface area contributed by atoms with Crippen LogP contribution in [0.25, 0.3) is 0 Å². The molecule has 5 nitrogen and oxygen atoms in total. The van der Waals surface area contributed by atoms with Gasteiger partial charge in [0.05, 0.1) is 0 Å². The summed E-state index contributed by atoms with van der Waals surface area (Å²) in [5.74, 6) is -1.14. The number of hydrogen-bond donors (Lipinski definition) is 2. The zero-order valence-corrected chi connectivity index (χ0v) is 12.2. The molecule has 5 heteroatoms. The molecule has 3 N–H and O–H groups in total. The zero-order chi connectivity index (χ0) is 14.7. The number of rotatable bonds is 4. The Morgan fingerprint density at radius 3 is 2.16 bits per heavy atom. The lowest BCUT2D eigenvalue weighted by atomic mass is 9.79. The third kappa shape index (κ3) is 4.82. The predicted molar refractivity (Wildman–Crippen MR) is 73.7 cm³/mol. The van der Waals surface area contributed by atoms with Gasteiger partial charge in [-0.05, 0) is 33.6 Å². The van der Waals surface area contributed by atoms with Crippen LogP contribution in [0.2, 0.25) is 0 Å². The fourth-order valence-electron chi connectivity index (χ4n) is 2.66. The Kier molecular flexibility index (Phi) is 4.96. The Hall–Kier alpha value is -1.10. The van der Waals surface area contributed by atoms with Crippen molar-refractivity contribution in [2.75, 3.05) is 6.54 Å². The lowest BCUT2D eigenvalue weighted by Gasteiger charge is -2.39. The molecule has 1 aliphatic rings. The van der Waals surface area contributed by atoms with E-state index >= 15 is 0 Å². The van der Waals surface area contributed by atoms with Gasteiger partial charge in [0.1, 0.15) is 6.54 Å². The molecular formula is C14H26N2O3. The molecule has 0 unspecified atom stereocenters. The maximum Gasteiger partial charge on any atom is 0.323 e. The summed E-state index contributed by atoms with van der Waals surface area (Å²) < 4.78 is 0. The van der Waals surface area contributed by atoms with Crippen LogP contribution in [0.4, 0.5) is 0 Å². The Morgan fingerprint density at radius 2 is 1.74 bits per heavy atom. The van der Waals surface area contributed by atoms with Gasteiger partial charge in [0.15, 0.2) is 0 Å². The number of carbonyl (C=O) groups excluding carboxylic acids is 1. The number of aliphatic carboxylic acids is 1. The van der Waals surface area contributed by atoms with Gasteiger partial charge in [-0.1, -0.05) is 19.3 Å². The van der Waals surface area contributed by atoms with Crippen molar-refractivity contribution >= 4 is 11.9 Å². The molecule has 0 heterocycles. The van der Waals surface area contributed by atoms with Crippen LogP contribution in [0.15, 0.2) is 0 Å². The first kappa shape index (κ1) is 16.0. The molecule has 0 spiro atoms. The van der Waals surface area contributed by atoms with E-state index in [0.717, 1.165) is 25.7 Å². The molecular weight excluding hydrogens is 244 g/mol. The summed E-state index contributed by atoms with van der Waals surface area (Å²) in [7, 11) is 0. The second-order valence-electron chi connectivity index (χ2n) is 6.64. The van der Waals surface area contributed by atoms with Crippen LogP contribution in [-0.2, 0) is 9.59 Å². The number of carboxylic acid groups (broad SMARTS) is 1. The van der Waals surface area contributed by atoms with Crippen molar-refractivity contribution in [3.8, 4) is 0 Å². The Morgan fingerprint density at radius 1 is 1.21 bits per heavy atom. The summed E-state index contributed by atoms with van der Waals surface area (Å²) in [4.78, 5) is 24.7. The van der Waals surface area contributed by atoms with E-state index in [4.69, 9.17) is 10.8 Å². The van der Waals surface area contributed by atoms with Crippen molar-refractivity contribution in [1.82, 2.24) is 4.90 Å². The highest BCUT2D eigenvalue weighted by molar-refractivity contribution is 5.82. The Labute approximate surface area is 115 Å². The topological polar surface area (TPSA) is 83.6 Å². The largest absolute Gasteiger partial charge is 0.480 e. The first-order chi connectivity index (χ1) is 8.64. The molecule has 0 aromatic carbocycles. The van der Waals surface area contributed by atoms with Crippen molar-refractivity contribution < 1.29 is 14.7 Å². The Bertz CT molecular complexity index is 341. The van der Waals surface area contributed by atoms with Crippen molar-refractivity contribution in [2.45, 2.75) is 70.4 Å². The monoisotopic (exact) mass is 270 g/mol. The van der Waals surface area contributed by atoms with Gasteiger partial charge < -0.3 is 15.7 Å². The molecule has 0 bridgehead atoms. The highest BCUT2D eigenvalue weighted by Gasteiger charge is 2.35. The van der Waals surface area contributed by atoms with Crippen LogP contribution in [0, 0.1) is 0 Å². The fourth-order valence-corrected chi connectivity index (χ4v) is 2.66. The van der Waals surface area contributed by atoms with E-state index in [9.17, 15) is 9.59 Å². The van der Waals surface area contributed by atoms with E-state index in [-0.39, 0.29) is 18.9 Å². The molecule has 1 saturated carbocycles. The second kappa shape index (κ2) is 5.90. The summed E-state index contributed by atoms with van der Waals surface area (Å²) in [5, 5.41) is 8.94. The fraction of sp³-hybridized carbons (Fsp3) is 0.857. The predicted octanol–water partition coefficient (Wildman–Crippen LogP) is 1.75. The zero-order valence-electron chi connectivity index (χ0n) is 12.2. The average molecular weight is 270 g/mol. The van der Waals surface area contributed by atoms with E-state index in [2.05, 4.69) is 0 Å². The van der Waals surface area contributed by atoms with Crippen LogP contribution in [0.3, 0.4) is 0 Å². The molecule has 110 valence electrons. The van der Waals surface area contributed by atoms with Gasteiger partial charge in [0.25, 0.3) is 0 Å². The van der Waals surface area contributed by atoms with Crippen molar-refractivity contribution in [3.05, 3.63) is 0 Å². The van der Waals surface area contributed by atoms with E-state index in [1.807, 2.05) is 20.8 Å². The molecule has 19 heavy (non-hydrogen) atoms. The number of nitrogens with two attached hydrogens (primary N) is 1. The molecule has 1 aliphatic carbocycles. The number of amides is 1. The quantitative estimate of drug-likeness (QED) is 0.815. The highest BCUT2D eigenvalue weighted by atomic mass is 16.4. The van der Waals surface area contributed by atoms with Gasteiger partial charge in [0, 0.05) is 17.5 Å². The molecule has 1 amide bonds. The average Bonchev–Trinajstić information content (AvgIpc) is 2.24. The van der Waals surface area contributed by atoms with Crippen molar-refractivity contribution in [1.29, 1.82) is 0 Å². The van der Waals surface area contributed by atoms with Gasteiger partial charge in [-0.15, -0.1) is 0 Å². The third-order valence-corrected chi connectivity index (χ3v) is 3.76. The van der Waals surface area contributed by atoms with Crippen LogP contribution in [-0.4, -0.2) is 39.5 Å². The van der Waals surface area contributed by atoms with Crippen molar-refractivity contribution in [3.63, 3.8) is 0 Å². The number of carbonyl (C=O) groups is 2. The number of hydrogen-bond acceptors (Lipinski definition) is 3. The Balaban J connectivity index is 2.74. The van der Waals surface area contributed by atoms with Gasteiger partial charge in [-0.3, -0.25) is 9.59 Å². The lowest BCUT2D eigenvalue weighted by molar-refractivity contribution is -0.149.